The van der Waals surface area contributed by atoms with Crippen LogP contribution in [-0.4, -0.2) is 74.3 Å². The number of pyridine rings is 1. The number of nitrogens with zero attached hydrogens (tertiary/aromatic N) is 6. The molecule has 1 aliphatic heterocycles. The highest BCUT2D eigenvalue weighted by Gasteiger charge is 2.41. The zero-order valence-electron chi connectivity index (χ0n) is 21.2. The molecular weight excluding hydrogens is 525 g/mol. The number of ether oxygens (including phenoxy) is 2. The van der Waals surface area contributed by atoms with Gasteiger partial charge in [-0.25, -0.2) is 15.0 Å². The summed E-state index contributed by atoms with van der Waals surface area (Å²) in [5, 5.41) is 4.32. The Morgan fingerprint density at radius 3 is 2.66 bits per heavy atom. The van der Waals surface area contributed by atoms with E-state index in [0.717, 1.165) is 62.6 Å². The Morgan fingerprint density at radius 1 is 1.05 bits per heavy atom. The Balaban J connectivity index is 1.32. The molecular formula is C27H29Cl2N7O2. The van der Waals surface area contributed by atoms with Crippen molar-refractivity contribution >= 4 is 34.4 Å². The third kappa shape index (κ3) is 5.56. The number of benzene rings is 1. The lowest BCUT2D eigenvalue weighted by Gasteiger charge is -2.26. The third-order valence-electron chi connectivity index (χ3n) is 6.96. The number of imidazole rings is 1. The first-order valence-corrected chi connectivity index (χ1v) is 13.6. The highest BCUT2D eigenvalue weighted by Crippen LogP contribution is 2.41. The molecule has 1 saturated carbocycles. The van der Waals surface area contributed by atoms with Crippen LogP contribution < -0.4 is 14.8 Å². The average Bonchev–Trinajstić information content (AvgIpc) is 3.53. The van der Waals surface area contributed by atoms with E-state index in [-0.39, 0.29) is 5.60 Å². The van der Waals surface area contributed by atoms with E-state index in [4.69, 9.17) is 37.7 Å². The molecule has 3 aromatic heterocycles. The normalized spacial score (nSPS) is 17.0. The summed E-state index contributed by atoms with van der Waals surface area (Å²) in [5.74, 6) is 1.84. The minimum absolute atomic E-state index is 0.207. The van der Waals surface area contributed by atoms with Crippen LogP contribution in [-0.2, 0) is 6.54 Å². The van der Waals surface area contributed by atoms with Crippen molar-refractivity contribution in [2.75, 3.05) is 39.3 Å². The number of nitrogens with one attached hydrogen (secondary N) is 1. The second kappa shape index (κ2) is 10.6. The molecule has 0 amide bonds. The molecule has 9 nitrogen and oxygen atoms in total. The number of aromatic nitrogens is 5. The molecule has 1 aliphatic carbocycles. The Hall–Kier alpha value is -2.98. The van der Waals surface area contributed by atoms with E-state index in [9.17, 15) is 0 Å². The Morgan fingerprint density at radius 2 is 1.89 bits per heavy atom. The predicted octanol–water partition coefficient (Wildman–Crippen LogP) is 4.46. The van der Waals surface area contributed by atoms with E-state index in [0.29, 0.717) is 46.2 Å². The van der Waals surface area contributed by atoms with Crippen molar-refractivity contribution in [3.05, 3.63) is 58.6 Å². The van der Waals surface area contributed by atoms with Crippen molar-refractivity contribution in [1.29, 1.82) is 0 Å². The summed E-state index contributed by atoms with van der Waals surface area (Å²) in [5.41, 5.74) is 2.55. The number of hydrogen-bond acceptors (Lipinski definition) is 8. The molecule has 2 fully saturated rings. The Kier molecular flexibility index (Phi) is 7.09. The second-order valence-corrected chi connectivity index (χ2v) is 10.8. The molecule has 11 heteroatoms. The number of hydrogen-bond donors (Lipinski definition) is 1. The van der Waals surface area contributed by atoms with E-state index in [1.165, 1.54) is 6.33 Å². The highest BCUT2D eigenvalue weighted by atomic mass is 35.5. The van der Waals surface area contributed by atoms with Gasteiger partial charge in [0.2, 0.25) is 5.88 Å². The summed E-state index contributed by atoms with van der Waals surface area (Å²) in [4.78, 5) is 20.8. The maximum Gasteiger partial charge on any atom is 0.245 e. The molecule has 198 valence electrons. The van der Waals surface area contributed by atoms with Gasteiger partial charge in [0.05, 0.1) is 17.3 Å². The van der Waals surface area contributed by atoms with Crippen LogP contribution >= 0.6 is 23.2 Å². The summed E-state index contributed by atoms with van der Waals surface area (Å²) in [6, 6.07) is 11.2. The largest absolute Gasteiger partial charge is 0.492 e. The minimum Gasteiger partial charge on any atom is -0.492 e. The number of rotatable bonds is 9. The van der Waals surface area contributed by atoms with Crippen molar-refractivity contribution in [3.63, 3.8) is 0 Å². The monoisotopic (exact) mass is 553 g/mol. The van der Waals surface area contributed by atoms with Crippen LogP contribution in [0.1, 0.15) is 25.5 Å². The zero-order chi connectivity index (χ0) is 26.1. The first-order valence-electron chi connectivity index (χ1n) is 12.8. The van der Waals surface area contributed by atoms with Crippen molar-refractivity contribution in [1.82, 2.24) is 34.7 Å². The number of fused-ring (bicyclic) bond motifs is 1. The molecule has 6 rings (SSSR count). The van der Waals surface area contributed by atoms with Gasteiger partial charge in [-0.3, -0.25) is 4.90 Å². The number of piperazine rings is 1. The fourth-order valence-corrected chi connectivity index (χ4v) is 4.99. The first-order chi connectivity index (χ1) is 18.5. The second-order valence-electron chi connectivity index (χ2n) is 9.96. The van der Waals surface area contributed by atoms with E-state index < -0.39 is 0 Å². The van der Waals surface area contributed by atoms with Gasteiger partial charge in [0.1, 0.15) is 35.3 Å². The zero-order valence-corrected chi connectivity index (χ0v) is 22.7. The van der Waals surface area contributed by atoms with Crippen LogP contribution in [0.2, 0.25) is 10.2 Å². The van der Waals surface area contributed by atoms with E-state index in [2.05, 4.69) is 32.1 Å². The van der Waals surface area contributed by atoms with Crippen LogP contribution in [0.4, 0.5) is 0 Å². The van der Waals surface area contributed by atoms with E-state index in [1.54, 1.807) is 6.07 Å². The van der Waals surface area contributed by atoms with Crippen LogP contribution in [0.3, 0.4) is 0 Å². The van der Waals surface area contributed by atoms with Gasteiger partial charge in [-0.15, -0.1) is 0 Å². The van der Waals surface area contributed by atoms with Crippen LogP contribution in [0.15, 0.2) is 42.7 Å². The van der Waals surface area contributed by atoms with E-state index in [1.807, 2.05) is 34.9 Å². The van der Waals surface area contributed by atoms with E-state index >= 15 is 0 Å². The maximum absolute atomic E-state index is 6.82. The maximum atomic E-state index is 6.82. The molecule has 1 saturated heterocycles. The Labute approximate surface area is 231 Å². The average molecular weight is 554 g/mol. The molecule has 2 aliphatic rings. The van der Waals surface area contributed by atoms with Crippen molar-refractivity contribution in [2.24, 2.45) is 0 Å². The van der Waals surface area contributed by atoms with Gasteiger partial charge < -0.3 is 19.4 Å². The van der Waals surface area contributed by atoms with Gasteiger partial charge in [0.15, 0.2) is 11.2 Å². The van der Waals surface area contributed by atoms with Crippen LogP contribution in [0.5, 0.6) is 11.6 Å². The molecule has 0 bridgehead atoms. The van der Waals surface area contributed by atoms with Crippen LogP contribution in [0, 0.1) is 0 Å². The lowest BCUT2D eigenvalue weighted by molar-refractivity contribution is 0.191. The quantitative estimate of drug-likeness (QED) is 0.304. The van der Waals surface area contributed by atoms with Crippen LogP contribution in [0.25, 0.3) is 22.6 Å². The fraction of sp³-hybridized carbons (Fsp3) is 0.407. The first kappa shape index (κ1) is 25.3. The molecule has 0 unspecified atom stereocenters. The van der Waals surface area contributed by atoms with Gasteiger partial charge in [0.25, 0.3) is 0 Å². The van der Waals surface area contributed by atoms with Gasteiger partial charge in [-0.2, -0.15) is 4.98 Å². The van der Waals surface area contributed by atoms with Gasteiger partial charge >= 0.3 is 0 Å². The summed E-state index contributed by atoms with van der Waals surface area (Å²) in [6.45, 7) is 8.06. The third-order valence-corrected chi connectivity index (χ3v) is 7.48. The topological polar surface area (TPSA) is 90.2 Å². The summed E-state index contributed by atoms with van der Waals surface area (Å²) >= 11 is 13.0. The number of halogens is 2. The molecule has 1 N–H and O–H groups in total. The van der Waals surface area contributed by atoms with Gasteiger partial charge in [-0.05, 0) is 50.1 Å². The Bertz CT molecular complexity index is 1450. The molecule has 0 radical (unpaired) electrons. The molecule has 0 atom stereocenters. The summed E-state index contributed by atoms with van der Waals surface area (Å²) in [6.07, 6.45) is 3.48. The lowest BCUT2D eigenvalue weighted by atomic mass is 10.2. The van der Waals surface area contributed by atoms with Crippen molar-refractivity contribution in [3.8, 4) is 23.0 Å². The summed E-state index contributed by atoms with van der Waals surface area (Å²) in [7, 11) is 0. The SMILES string of the molecule is CC1(Oc2ncnc3c2nc(-c2ccc(OCCN4CCNCC4)cc2Cl)n3Cc2cccc(Cl)n2)CC1. The van der Waals surface area contributed by atoms with Gasteiger partial charge in [0, 0.05) is 38.3 Å². The lowest BCUT2D eigenvalue weighted by Crippen LogP contribution is -2.44. The minimum atomic E-state index is -0.207. The molecule has 1 aromatic carbocycles. The molecule has 38 heavy (non-hydrogen) atoms. The highest BCUT2D eigenvalue weighted by molar-refractivity contribution is 6.33. The smallest absolute Gasteiger partial charge is 0.245 e. The fourth-order valence-electron chi connectivity index (χ4n) is 4.55. The predicted molar refractivity (Wildman–Crippen MR) is 147 cm³/mol. The van der Waals surface area contributed by atoms with Gasteiger partial charge in [-0.1, -0.05) is 29.3 Å². The van der Waals surface area contributed by atoms with Crippen molar-refractivity contribution < 1.29 is 9.47 Å². The molecule has 4 aromatic rings. The standard InChI is InChI=1S/C27H29Cl2N7O2/c1-27(7-8-27)38-26-23-25(31-17-32-26)36(16-18-3-2-4-22(29)33-18)24(34-23)20-6-5-19(15-21(20)28)37-14-13-35-11-9-30-10-12-35/h2-6,15,17,30H,7-14,16H2,1H3. The summed E-state index contributed by atoms with van der Waals surface area (Å²) < 4.78 is 14.2. The molecule has 0 spiro atoms. The van der Waals surface area contributed by atoms with Crippen molar-refractivity contribution in [2.45, 2.75) is 31.9 Å². The molecule has 4 heterocycles.